The smallest absolute Gasteiger partial charge is 0.101 e. The number of nitrogens with zero attached hydrogens (tertiary/aromatic N) is 2. The molecule has 2 aromatic carbocycles. The van der Waals surface area contributed by atoms with Crippen LogP contribution in [-0.2, 0) is 0 Å². The van der Waals surface area contributed by atoms with Gasteiger partial charge >= 0.3 is 0 Å². The largest absolute Gasteiger partial charge is 0.369 e. The lowest BCUT2D eigenvalue weighted by atomic mass is 9.90. The monoisotopic (exact) mass is 268 g/mol. The standard InChI is InChI=1S/C16H13ClN2/c17-15-7-6-13(9-18)16(8-15)19-10-14(11-19)12-4-2-1-3-5-12/h1-8,14H,10-11H2. The molecule has 0 radical (unpaired) electrons. The van der Waals surface area contributed by atoms with E-state index in [-0.39, 0.29) is 0 Å². The summed E-state index contributed by atoms with van der Waals surface area (Å²) in [7, 11) is 0. The molecule has 0 atom stereocenters. The minimum Gasteiger partial charge on any atom is -0.369 e. The average Bonchev–Trinajstić information content (AvgIpc) is 2.39. The molecule has 0 N–H and O–H groups in total. The number of halogens is 1. The van der Waals surface area contributed by atoms with Crippen LogP contribution in [0.1, 0.15) is 17.0 Å². The van der Waals surface area contributed by atoms with Crippen molar-refractivity contribution in [2.24, 2.45) is 0 Å². The molecule has 1 aliphatic rings. The van der Waals surface area contributed by atoms with E-state index in [1.54, 1.807) is 12.1 Å². The van der Waals surface area contributed by atoms with Crippen LogP contribution in [-0.4, -0.2) is 13.1 Å². The van der Waals surface area contributed by atoms with E-state index >= 15 is 0 Å². The first-order valence-corrected chi connectivity index (χ1v) is 6.65. The summed E-state index contributed by atoms with van der Waals surface area (Å²) in [6, 6.07) is 18.1. The van der Waals surface area contributed by atoms with Crippen LogP contribution in [0.25, 0.3) is 0 Å². The molecule has 1 heterocycles. The van der Waals surface area contributed by atoms with Crippen molar-refractivity contribution < 1.29 is 0 Å². The Kier molecular flexibility index (Phi) is 3.15. The van der Waals surface area contributed by atoms with Crippen molar-refractivity contribution in [1.82, 2.24) is 0 Å². The SMILES string of the molecule is N#Cc1ccc(Cl)cc1N1CC(c2ccccc2)C1. The summed E-state index contributed by atoms with van der Waals surface area (Å²) in [5.74, 6) is 0.548. The van der Waals surface area contributed by atoms with Crippen LogP contribution >= 0.6 is 11.6 Å². The topological polar surface area (TPSA) is 27.0 Å². The van der Waals surface area contributed by atoms with E-state index in [1.165, 1.54) is 5.56 Å². The van der Waals surface area contributed by atoms with Gasteiger partial charge in [-0.3, -0.25) is 0 Å². The first-order chi connectivity index (χ1) is 9.28. The van der Waals surface area contributed by atoms with Crippen molar-refractivity contribution >= 4 is 17.3 Å². The minimum absolute atomic E-state index is 0.548. The van der Waals surface area contributed by atoms with E-state index in [2.05, 4.69) is 35.2 Å². The highest BCUT2D eigenvalue weighted by molar-refractivity contribution is 6.30. The molecule has 3 rings (SSSR count). The Morgan fingerprint density at radius 2 is 1.84 bits per heavy atom. The lowest BCUT2D eigenvalue weighted by Crippen LogP contribution is -2.45. The number of anilines is 1. The van der Waals surface area contributed by atoms with Gasteiger partial charge in [0.05, 0.1) is 11.3 Å². The third-order valence-corrected chi connectivity index (χ3v) is 3.81. The van der Waals surface area contributed by atoms with Crippen molar-refractivity contribution in [2.45, 2.75) is 5.92 Å². The van der Waals surface area contributed by atoms with Gasteiger partial charge in [-0.2, -0.15) is 5.26 Å². The molecule has 3 heteroatoms. The molecule has 2 nitrogen and oxygen atoms in total. The normalized spacial score (nSPS) is 14.8. The summed E-state index contributed by atoms with van der Waals surface area (Å²) in [4.78, 5) is 2.21. The fourth-order valence-electron chi connectivity index (χ4n) is 2.47. The first-order valence-electron chi connectivity index (χ1n) is 6.27. The molecule has 2 aromatic rings. The zero-order valence-electron chi connectivity index (χ0n) is 10.4. The Morgan fingerprint density at radius 1 is 1.11 bits per heavy atom. The number of nitriles is 1. The number of rotatable bonds is 2. The maximum absolute atomic E-state index is 9.14. The van der Waals surface area contributed by atoms with Crippen molar-refractivity contribution in [3.8, 4) is 6.07 Å². The minimum atomic E-state index is 0.548. The van der Waals surface area contributed by atoms with Gasteiger partial charge < -0.3 is 4.90 Å². The zero-order chi connectivity index (χ0) is 13.2. The van der Waals surface area contributed by atoms with Gasteiger partial charge in [-0.1, -0.05) is 41.9 Å². The molecule has 0 bridgehead atoms. The highest BCUT2D eigenvalue weighted by Crippen LogP contribution is 2.34. The highest BCUT2D eigenvalue weighted by atomic mass is 35.5. The van der Waals surface area contributed by atoms with Crippen molar-refractivity contribution in [3.63, 3.8) is 0 Å². The maximum atomic E-state index is 9.14. The molecule has 0 unspecified atom stereocenters. The molecule has 0 spiro atoms. The van der Waals surface area contributed by atoms with E-state index in [4.69, 9.17) is 16.9 Å². The predicted molar refractivity (Wildman–Crippen MR) is 77.6 cm³/mol. The van der Waals surface area contributed by atoms with Crippen LogP contribution in [0.2, 0.25) is 5.02 Å². The van der Waals surface area contributed by atoms with Crippen molar-refractivity contribution in [1.29, 1.82) is 5.26 Å². The Morgan fingerprint density at radius 3 is 2.53 bits per heavy atom. The van der Waals surface area contributed by atoms with Crippen LogP contribution < -0.4 is 4.90 Å². The maximum Gasteiger partial charge on any atom is 0.101 e. The summed E-state index contributed by atoms with van der Waals surface area (Å²) in [6.07, 6.45) is 0. The summed E-state index contributed by atoms with van der Waals surface area (Å²) in [5.41, 5.74) is 3.00. The fraction of sp³-hybridized carbons (Fsp3) is 0.188. The summed E-state index contributed by atoms with van der Waals surface area (Å²) in [5, 5.41) is 9.82. The van der Waals surface area contributed by atoms with Crippen LogP contribution in [0.4, 0.5) is 5.69 Å². The second-order valence-corrected chi connectivity index (χ2v) is 5.22. The molecule has 94 valence electrons. The van der Waals surface area contributed by atoms with Crippen LogP contribution in [0.5, 0.6) is 0 Å². The van der Waals surface area contributed by atoms with Gasteiger partial charge in [-0.05, 0) is 23.8 Å². The van der Waals surface area contributed by atoms with Gasteiger partial charge in [0.1, 0.15) is 6.07 Å². The van der Waals surface area contributed by atoms with Gasteiger partial charge in [0.25, 0.3) is 0 Å². The van der Waals surface area contributed by atoms with Gasteiger partial charge in [0, 0.05) is 24.0 Å². The van der Waals surface area contributed by atoms with E-state index in [9.17, 15) is 0 Å². The molecule has 0 aromatic heterocycles. The summed E-state index contributed by atoms with van der Waals surface area (Å²) >= 11 is 6.02. The highest BCUT2D eigenvalue weighted by Gasteiger charge is 2.29. The quantitative estimate of drug-likeness (QED) is 0.828. The lowest BCUT2D eigenvalue weighted by molar-refractivity contribution is 0.525. The Hall–Kier alpha value is -1.98. The van der Waals surface area contributed by atoms with E-state index in [0.29, 0.717) is 16.5 Å². The molecule has 1 saturated heterocycles. The van der Waals surface area contributed by atoms with Gasteiger partial charge in [0.2, 0.25) is 0 Å². The third-order valence-electron chi connectivity index (χ3n) is 3.57. The van der Waals surface area contributed by atoms with E-state index < -0.39 is 0 Å². The molecule has 1 fully saturated rings. The lowest BCUT2D eigenvalue weighted by Gasteiger charge is -2.41. The van der Waals surface area contributed by atoms with Gasteiger partial charge in [-0.25, -0.2) is 0 Å². The molecule has 19 heavy (non-hydrogen) atoms. The Labute approximate surface area is 117 Å². The van der Waals surface area contributed by atoms with Crippen LogP contribution in [0.3, 0.4) is 0 Å². The summed E-state index contributed by atoms with van der Waals surface area (Å²) < 4.78 is 0. The van der Waals surface area contributed by atoms with Crippen LogP contribution in [0, 0.1) is 11.3 Å². The molecular weight excluding hydrogens is 256 g/mol. The number of hydrogen-bond donors (Lipinski definition) is 0. The molecule has 1 aliphatic heterocycles. The van der Waals surface area contributed by atoms with Crippen molar-refractivity contribution in [2.75, 3.05) is 18.0 Å². The van der Waals surface area contributed by atoms with Crippen molar-refractivity contribution in [3.05, 3.63) is 64.7 Å². The Bertz CT molecular complexity index is 625. The summed E-state index contributed by atoms with van der Waals surface area (Å²) in [6.45, 7) is 1.89. The predicted octanol–water partition coefficient (Wildman–Crippen LogP) is 3.82. The number of hydrogen-bond acceptors (Lipinski definition) is 2. The Balaban J connectivity index is 1.78. The second-order valence-electron chi connectivity index (χ2n) is 4.79. The average molecular weight is 269 g/mol. The molecule has 0 saturated carbocycles. The van der Waals surface area contributed by atoms with Crippen LogP contribution in [0.15, 0.2) is 48.5 Å². The van der Waals surface area contributed by atoms with Gasteiger partial charge in [0.15, 0.2) is 0 Å². The van der Waals surface area contributed by atoms with E-state index in [1.807, 2.05) is 12.1 Å². The second kappa shape index (κ2) is 4.95. The number of benzene rings is 2. The molecular formula is C16H13ClN2. The first kappa shape index (κ1) is 12.1. The third kappa shape index (κ3) is 2.30. The van der Waals surface area contributed by atoms with E-state index in [0.717, 1.165) is 18.8 Å². The van der Waals surface area contributed by atoms with Gasteiger partial charge in [-0.15, -0.1) is 0 Å². The molecule has 0 amide bonds. The zero-order valence-corrected chi connectivity index (χ0v) is 11.1. The molecule has 0 aliphatic carbocycles. The fourth-order valence-corrected chi connectivity index (χ4v) is 2.64.